The Bertz CT molecular complexity index is 288. The lowest BCUT2D eigenvalue weighted by Gasteiger charge is -2.26. The highest BCUT2D eigenvalue weighted by Gasteiger charge is 2.32. The number of likely N-dealkylation sites (tertiary alicyclic amines) is 1. The second-order valence-corrected chi connectivity index (χ2v) is 4.85. The molecule has 1 rings (SSSR count). The molecule has 0 saturated carbocycles. The lowest BCUT2D eigenvalue weighted by molar-refractivity contribution is -0.143. The largest absolute Gasteiger partial charge is 0.480 e. The van der Waals surface area contributed by atoms with Crippen molar-refractivity contribution in [2.24, 2.45) is 0 Å². The fourth-order valence-corrected chi connectivity index (χ4v) is 2.47. The monoisotopic (exact) mass is 256 g/mol. The third-order valence-corrected chi connectivity index (χ3v) is 3.33. The van der Waals surface area contributed by atoms with E-state index in [0.717, 1.165) is 38.9 Å². The van der Waals surface area contributed by atoms with Crippen molar-refractivity contribution >= 4 is 11.9 Å². The van der Waals surface area contributed by atoms with Gasteiger partial charge in [-0.25, -0.2) is 0 Å². The normalized spacial score (nSPS) is 20.0. The van der Waals surface area contributed by atoms with Crippen LogP contribution < -0.4 is 0 Å². The van der Waals surface area contributed by atoms with Crippen LogP contribution in [-0.4, -0.2) is 59.0 Å². The fourth-order valence-electron chi connectivity index (χ4n) is 2.47. The van der Waals surface area contributed by atoms with Crippen molar-refractivity contribution < 1.29 is 14.7 Å². The molecule has 1 atom stereocenters. The standard InChI is InChI=1S/C13H24N2O3/c1-3-7-14(8-4-2)12(16)10-15-9-5-6-11(15)13(17)18/h11H,3-10H2,1-2H3,(H,17,18)/t11-/m1/s1. The van der Waals surface area contributed by atoms with Crippen LogP contribution >= 0.6 is 0 Å². The number of hydrogen-bond donors (Lipinski definition) is 1. The highest BCUT2D eigenvalue weighted by molar-refractivity contribution is 5.80. The Labute approximate surface area is 109 Å². The Balaban J connectivity index is 2.53. The molecule has 0 radical (unpaired) electrons. The van der Waals surface area contributed by atoms with E-state index in [4.69, 9.17) is 5.11 Å². The molecule has 0 aromatic carbocycles. The van der Waals surface area contributed by atoms with Crippen molar-refractivity contribution in [2.75, 3.05) is 26.2 Å². The van der Waals surface area contributed by atoms with Crippen LogP contribution in [0.3, 0.4) is 0 Å². The topological polar surface area (TPSA) is 60.9 Å². The van der Waals surface area contributed by atoms with E-state index in [1.54, 1.807) is 4.90 Å². The van der Waals surface area contributed by atoms with Crippen molar-refractivity contribution in [1.82, 2.24) is 9.80 Å². The van der Waals surface area contributed by atoms with Crippen molar-refractivity contribution in [1.29, 1.82) is 0 Å². The van der Waals surface area contributed by atoms with Crippen LogP contribution in [0.2, 0.25) is 0 Å². The van der Waals surface area contributed by atoms with Crippen molar-refractivity contribution in [3.05, 3.63) is 0 Å². The minimum Gasteiger partial charge on any atom is -0.480 e. The van der Waals surface area contributed by atoms with Gasteiger partial charge in [0, 0.05) is 13.1 Å². The molecule has 1 fully saturated rings. The summed E-state index contributed by atoms with van der Waals surface area (Å²) in [7, 11) is 0. The zero-order valence-corrected chi connectivity index (χ0v) is 11.4. The summed E-state index contributed by atoms with van der Waals surface area (Å²) >= 11 is 0. The number of rotatable bonds is 7. The highest BCUT2D eigenvalue weighted by atomic mass is 16.4. The Morgan fingerprint density at radius 2 is 1.89 bits per heavy atom. The molecule has 1 heterocycles. The van der Waals surface area contributed by atoms with Gasteiger partial charge in [0.05, 0.1) is 6.54 Å². The Morgan fingerprint density at radius 3 is 2.39 bits per heavy atom. The Morgan fingerprint density at radius 1 is 1.28 bits per heavy atom. The van der Waals surface area contributed by atoms with E-state index in [2.05, 4.69) is 0 Å². The average molecular weight is 256 g/mol. The van der Waals surface area contributed by atoms with Gasteiger partial charge in [-0.15, -0.1) is 0 Å². The number of aliphatic carboxylic acids is 1. The number of carboxylic acid groups (broad SMARTS) is 1. The molecule has 1 saturated heterocycles. The zero-order valence-electron chi connectivity index (χ0n) is 11.4. The summed E-state index contributed by atoms with van der Waals surface area (Å²) in [5, 5.41) is 9.08. The molecule has 0 aromatic rings. The summed E-state index contributed by atoms with van der Waals surface area (Å²) in [6.07, 6.45) is 3.40. The molecule has 0 aromatic heterocycles. The minimum absolute atomic E-state index is 0.0619. The maximum atomic E-state index is 12.1. The van der Waals surface area contributed by atoms with E-state index in [-0.39, 0.29) is 12.5 Å². The van der Waals surface area contributed by atoms with Crippen LogP contribution in [0.1, 0.15) is 39.5 Å². The average Bonchev–Trinajstić information content (AvgIpc) is 2.77. The van der Waals surface area contributed by atoms with Crippen LogP contribution in [0, 0.1) is 0 Å². The van der Waals surface area contributed by atoms with E-state index in [1.165, 1.54) is 0 Å². The maximum absolute atomic E-state index is 12.1. The minimum atomic E-state index is -0.808. The van der Waals surface area contributed by atoms with E-state index in [9.17, 15) is 9.59 Å². The van der Waals surface area contributed by atoms with Crippen molar-refractivity contribution in [3.63, 3.8) is 0 Å². The first-order valence-corrected chi connectivity index (χ1v) is 6.84. The van der Waals surface area contributed by atoms with Crippen LogP contribution in [0.4, 0.5) is 0 Å². The highest BCUT2D eigenvalue weighted by Crippen LogP contribution is 2.17. The first-order valence-electron chi connectivity index (χ1n) is 6.84. The lowest BCUT2D eigenvalue weighted by atomic mass is 10.2. The van der Waals surface area contributed by atoms with Gasteiger partial charge in [0.1, 0.15) is 6.04 Å². The molecule has 1 aliphatic heterocycles. The molecular formula is C13H24N2O3. The number of carboxylic acids is 1. The first kappa shape index (κ1) is 15.0. The number of carbonyl (C=O) groups excluding carboxylic acids is 1. The summed E-state index contributed by atoms with van der Waals surface area (Å²) in [5.41, 5.74) is 0. The van der Waals surface area contributed by atoms with Gasteiger partial charge in [-0.3, -0.25) is 14.5 Å². The zero-order chi connectivity index (χ0) is 13.5. The first-order chi connectivity index (χ1) is 8.60. The Hall–Kier alpha value is -1.10. The third kappa shape index (κ3) is 3.98. The van der Waals surface area contributed by atoms with Crippen molar-refractivity contribution in [2.45, 2.75) is 45.6 Å². The molecule has 0 spiro atoms. The molecule has 5 nitrogen and oxygen atoms in total. The molecule has 0 unspecified atom stereocenters. The molecule has 1 N–H and O–H groups in total. The van der Waals surface area contributed by atoms with E-state index >= 15 is 0 Å². The van der Waals surface area contributed by atoms with Gasteiger partial charge in [0.2, 0.25) is 5.91 Å². The molecule has 18 heavy (non-hydrogen) atoms. The number of hydrogen-bond acceptors (Lipinski definition) is 3. The van der Waals surface area contributed by atoms with Crippen LogP contribution in [-0.2, 0) is 9.59 Å². The number of amides is 1. The second-order valence-electron chi connectivity index (χ2n) is 4.85. The SMILES string of the molecule is CCCN(CCC)C(=O)CN1CCC[C@@H]1C(=O)O. The predicted molar refractivity (Wildman–Crippen MR) is 69.4 cm³/mol. The van der Waals surface area contributed by atoms with Gasteiger partial charge >= 0.3 is 5.97 Å². The number of nitrogens with zero attached hydrogens (tertiary/aromatic N) is 2. The van der Waals surface area contributed by atoms with Gasteiger partial charge < -0.3 is 10.0 Å². The van der Waals surface area contributed by atoms with Crippen LogP contribution in [0.15, 0.2) is 0 Å². The second kappa shape index (κ2) is 7.36. The molecule has 0 aliphatic carbocycles. The third-order valence-electron chi connectivity index (χ3n) is 3.33. The quantitative estimate of drug-likeness (QED) is 0.743. The molecule has 104 valence electrons. The smallest absolute Gasteiger partial charge is 0.320 e. The van der Waals surface area contributed by atoms with E-state index in [1.807, 2.05) is 18.7 Å². The molecular weight excluding hydrogens is 232 g/mol. The predicted octanol–water partition coefficient (Wildman–Crippen LogP) is 1.18. The van der Waals surface area contributed by atoms with Crippen LogP contribution in [0.25, 0.3) is 0 Å². The van der Waals surface area contributed by atoms with Gasteiger partial charge in [-0.1, -0.05) is 13.8 Å². The molecule has 0 bridgehead atoms. The summed E-state index contributed by atoms with van der Waals surface area (Å²) < 4.78 is 0. The summed E-state index contributed by atoms with van der Waals surface area (Å²) in [4.78, 5) is 26.8. The lowest BCUT2D eigenvalue weighted by Crippen LogP contribution is -2.45. The maximum Gasteiger partial charge on any atom is 0.320 e. The summed E-state index contributed by atoms with van der Waals surface area (Å²) in [6, 6.07) is -0.473. The summed E-state index contributed by atoms with van der Waals surface area (Å²) in [5.74, 6) is -0.746. The van der Waals surface area contributed by atoms with Gasteiger partial charge in [-0.05, 0) is 32.2 Å². The summed E-state index contributed by atoms with van der Waals surface area (Å²) in [6.45, 7) is 6.58. The molecule has 1 amide bonds. The van der Waals surface area contributed by atoms with Crippen LogP contribution in [0.5, 0.6) is 0 Å². The fraction of sp³-hybridized carbons (Fsp3) is 0.846. The van der Waals surface area contributed by atoms with E-state index in [0.29, 0.717) is 6.42 Å². The van der Waals surface area contributed by atoms with Crippen molar-refractivity contribution in [3.8, 4) is 0 Å². The van der Waals surface area contributed by atoms with Gasteiger partial charge in [-0.2, -0.15) is 0 Å². The molecule has 5 heteroatoms. The van der Waals surface area contributed by atoms with E-state index < -0.39 is 12.0 Å². The number of carbonyl (C=O) groups is 2. The molecule has 1 aliphatic rings. The van der Waals surface area contributed by atoms with Gasteiger partial charge in [0.25, 0.3) is 0 Å². The van der Waals surface area contributed by atoms with Gasteiger partial charge in [0.15, 0.2) is 0 Å². The Kier molecular flexibility index (Phi) is 6.12.